The van der Waals surface area contributed by atoms with Gasteiger partial charge in [0.1, 0.15) is 11.5 Å². The van der Waals surface area contributed by atoms with E-state index in [9.17, 15) is 4.79 Å². The summed E-state index contributed by atoms with van der Waals surface area (Å²) in [5.41, 5.74) is 4.20. The van der Waals surface area contributed by atoms with Crippen LogP contribution in [0.2, 0.25) is 0 Å². The van der Waals surface area contributed by atoms with Gasteiger partial charge in [0.25, 0.3) is 0 Å². The lowest BCUT2D eigenvalue weighted by Crippen LogP contribution is -2.38. The summed E-state index contributed by atoms with van der Waals surface area (Å²) in [6, 6.07) is 11.7. The number of benzene rings is 2. The van der Waals surface area contributed by atoms with Gasteiger partial charge in [-0.25, -0.2) is 4.79 Å². The highest BCUT2D eigenvalue weighted by molar-refractivity contribution is 5.89. The van der Waals surface area contributed by atoms with E-state index in [1.807, 2.05) is 49.1 Å². The van der Waals surface area contributed by atoms with Gasteiger partial charge < -0.3 is 19.7 Å². The fraction of sp³-hybridized carbons (Fsp3) is 0.350. The number of nitrogens with one attached hydrogen (secondary N) is 1. The van der Waals surface area contributed by atoms with Crippen LogP contribution in [0, 0.1) is 6.92 Å². The number of ether oxygens (including phenoxy) is 2. The van der Waals surface area contributed by atoms with Crippen molar-refractivity contribution in [2.24, 2.45) is 0 Å². The van der Waals surface area contributed by atoms with Crippen LogP contribution in [0.1, 0.15) is 23.6 Å². The van der Waals surface area contributed by atoms with Crippen LogP contribution in [0.3, 0.4) is 0 Å². The van der Waals surface area contributed by atoms with Crippen molar-refractivity contribution in [3.8, 4) is 11.5 Å². The Hall–Kier alpha value is -2.69. The predicted octanol–water partition coefficient (Wildman–Crippen LogP) is 3.99. The molecule has 1 N–H and O–H groups in total. The highest BCUT2D eigenvalue weighted by atomic mass is 16.5. The molecule has 0 spiro atoms. The molecule has 25 heavy (non-hydrogen) atoms. The Labute approximate surface area is 148 Å². The maximum absolute atomic E-state index is 12.6. The van der Waals surface area contributed by atoms with E-state index in [4.69, 9.17) is 9.47 Å². The third kappa shape index (κ3) is 3.87. The first-order valence-corrected chi connectivity index (χ1v) is 8.56. The SMILES string of the molecule is CCOc1ccc2c(c1)CN(C(=O)Nc1ccc(OC)c(C)c1)CC2. The smallest absolute Gasteiger partial charge is 0.322 e. The number of hydrogen-bond acceptors (Lipinski definition) is 3. The number of fused-ring (bicyclic) bond motifs is 1. The molecule has 3 rings (SSSR count). The molecule has 132 valence electrons. The average molecular weight is 340 g/mol. The van der Waals surface area contributed by atoms with Crippen molar-refractivity contribution >= 4 is 11.7 Å². The van der Waals surface area contributed by atoms with Crippen molar-refractivity contribution in [3.05, 3.63) is 53.1 Å². The van der Waals surface area contributed by atoms with E-state index in [0.29, 0.717) is 19.7 Å². The number of nitrogens with zero attached hydrogens (tertiary/aromatic N) is 1. The first kappa shape index (κ1) is 17.1. The minimum atomic E-state index is -0.0861. The van der Waals surface area contributed by atoms with Crippen LogP contribution in [0.5, 0.6) is 11.5 Å². The minimum Gasteiger partial charge on any atom is -0.496 e. The zero-order valence-electron chi connectivity index (χ0n) is 15.0. The summed E-state index contributed by atoms with van der Waals surface area (Å²) in [4.78, 5) is 14.4. The first-order chi connectivity index (χ1) is 12.1. The summed E-state index contributed by atoms with van der Waals surface area (Å²) < 4.78 is 10.8. The molecule has 1 aliphatic heterocycles. The van der Waals surface area contributed by atoms with Crippen molar-refractivity contribution < 1.29 is 14.3 Å². The quantitative estimate of drug-likeness (QED) is 0.915. The summed E-state index contributed by atoms with van der Waals surface area (Å²) >= 11 is 0. The van der Waals surface area contributed by atoms with Gasteiger partial charge in [-0.3, -0.25) is 0 Å². The molecule has 0 fully saturated rings. The van der Waals surface area contributed by atoms with Crippen LogP contribution in [0.15, 0.2) is 36.4 Å². The Balaban J connectivity index is 1.69. The highest BCUT2D eigenvalue weighted by Crippen LogP contribution is 2.25. The normalized spacial score (nSPS) is 13.2. The van der Waals surface area contributed by atoms with Crippen molar-refractivity contribution in [3.63, 3.8) is 0 Å². The summed E-state index contributed by atoms with van der Waals surface area (Å²) in [5, 5.41) is 2.97. The zero-order chi connectivity index (χ0) is 17.8. The van der Waals surface area contributed by atoms with E-state index in [0.717, 1.165) is 34.7 Å². The van der Waals surface area contributed by atoms with E-state index in [2.05, 4.69) is 11.4 Å². The molecule has 1 aliphatic rings. The van der Waals surface area contributed by atoms with E-state index >= 15 is 0 Å². The van der Waals surface area contributed by atoms with E-state index in [1.54, 1.807) is 7.11 Å². The number of methoxy groups -OCH3 is 1. The number of amides is 2. The van der Waals surface area contributed by atoms with E-state index in [1.165, 1.54) is 5.56 Å². The number of hydrogen-bond donors (Lipinski definition) is 1. The number of urea groups is 1. The number of carbonyl (C=O) groups excluding carboxylic acids is 1. The van der Waals surface area contributed by atoms with Crippen LogP contribution in [0.4, 0.5) is 10.5 Å². The Morgan fingerprint density at radius 1 is 1.20 bits per heavy atom. The highest BCUT2D eigenvalue weighted by Gasteiger charge is 2.21. The Kier molecular flexibility index (Phi) is 5.12. The molecule has 2 aromatic rings. The van der Waals surface area contributed by atoms with Gasteiger partial charge in [-0.05, 0) is 67.3 Å². The van der Waals surface area contributed by atoms with Gasteiger partial charge >= 0.3 is 6.03 Å². The fourth-order valence-corrected chi connectivity index (χ4v) is 3.12. The summed E-state index contributed by atoms with van der Waals surface area (Å²) in [7, 11) is 1.64. The van der Waals surface area contributed by atoms with Crippen LogP contribution < -0.4 is 14.8 Å². The fourth-order valence-electron chi connectivity index (χ4n) is 3.12. The second-order valence-corrected chi connectivity index (χ2v) is 6.15. The van der Waals surface area contributed by atoms with E-state index < -0.39 is 0 Å². The maximum Gasteiger partial charge on any atom is 0.322 e. The lowest BCUT2D eigenvalue weighted by molar-refractivity contribution is 0.206. The number of aryl methyl sites for hydroxylation is 1. The summed E-state index contributed by atoms with van der Waals surface area (Å²) in [6.07, 6.45) is 0.858. The molecule has 0 radical (unpaired) electrons. The topological polar surface area (TPSA) is 50.8 Å². The van der Waals surface area contributed by atoms with Gasteiger partial charge in [0, 0.05) is 18.8 Å². The molecule has 5 heteroatoms. The maximum atomic E-state index is 12.6. The second kappa shape index (κ2) is 7.47. The van der Waals surface area contributed by atoms with Crippen molar-refractivity contribution in [2.45, 2.75) is 26.8 Å². The van der Waals surface area contributed by atoms with Gasteiger partial charge in [-0.1, -0.05) is 6.07 Å². The van der Waals surface area contributed by atoms with Crippen LogP contribution >= 0.6 is 0 Å². The lowest BCUT2D eigenvalue weighted by Gasteiger charge is -2.29. The van der Waals surface area contributed by atoms with Crippen LogP contribution in [-0.4, -0.2) is 31.2 Å². The van der Waals surface area contributed by atoms with Gasteiger partial charge in [0.05, 0.1) is 13.7 Å². The monoisotopic (exact) mass is 340 g/mol. The molecular formula is C20H24N2O3. The Morgan fingerprint density at radius 2 is 2.04 bits per heavy atom. The second-order valence-electron chi connectivity index (χ2n) is 6.15. The minimum absolute atomic E-state index is 0.0861. The zero-order valence-corrected chi connectivity index (χ0v) is 15.0. The largest absolute Gasteiger partial charge is 0.496 e. The van der Waals surface area contributed by atoms with E-state index in [-0.39, 0.29) is 6.03 Å². The molecule has 0 saturated heterocycles. The van der Waals surface area contributed by atoms with Crippen molar-refractivity contribution in [1.82, 2.24) is 4.90 Å². The van der Waals surface area contributed by atoms with Gasteiger partial charge in [0.15, 0.2) is 0 Å². The summed E-state index contributed by atoms with van der Waals surface area (Å²) in [6.45, 7) is 5.87. The number of carbonyl (C=O) groups is 1. The molecule has 0 bridgehead atoms. The predicted molar refractivity (Wildman–Crippen MR) is 98.5 cm³/mol. The molecule has 0 unspecified atom stereocenters. The van der Waals surface area contributed by atoms with Gasteiger partial charge in [-0.15, -0.1) is 0 Å². The Bertz CT molecular complexity index is 774. The molecule has 0 saturated carbocycles. The van der Waals surface area contributed by atoms with Crippen molar-refractivity contribution in [1.29, 1.82) is 0 Å². The molecule has 5 nitrogen and oxygen atoms in total. The standard InChI is InChI=1S/C20H24N2O3/c1-4-25-18-7-5-15-9-10-22(13-16(15)12-18)20(23)21-17-6-8-19(24-3)14(2)11-17/h5-8,11-12H,4,9-10,13H2,1-3H3,(H,21,23). The molecular weight excluding hydrogens is 316 g/mol. The van der Waals surface area contributed by atoms with Crippen LogP contribution in [-0.2, 0) is 13.0 Å². The van der Waals surface area contributed by atoms with Gasteiger partial charge in [0.2, 0.25) is 0 Å². The molecule has 0 aliphatic carbocycles. The van der Waals surface area contributed by atoms with Crippen LogP contribution in [0.25, 0.3) is 0 Å². The third-order valence-electron chi connectivity index (χ3n) is 4.43. The Morgan fingerprint density at radius 3 is 2.76 bits per heavy atom. The van der Waals surface area contributed by atoms with Gasteiger partial charge in [-0.2, -0.15) is 0 Å². The third-order valence-corrected chi connectivity index (χ3v) is 4.43. The lowest BCUT2D eigenvalue weighted by atomic mass is 10.00. The molecule has 2 amide bonds. The molecule has 0 atom stereocenters. The molecule has 1 heterocycles. The first-order valence-electron chi connectivity index (χ1n) is 8.56. The van der Waals surface area contributed by atoms with Crippen molar-refractivity contribution in [2.75, 3.05) is 25.6 Å². The number of anilines is 1. The summed E-state index contributed by atoms with van der Waals surface area (Å²) in [5.74, 6) is 1.67. The average Bonchev–Trinajstić information content (AvgIpc) is 2.61. The molecule has 2 aromatic carbocycles. The number of rotatable bonds is 4. The molecule has 0 aromatic heterocycles.